The molecule has 4 heteroatoms. The van der Waals surface area contributed by atoms with E-state index in [9.17, 15) is 14.2 Å². The van der Waals surface area contributed by atoms with Crippen molar-refractivity contribution in [2.24, 2.45) is 0 Å². The van der Waals surface area contributed by atoms with E-state index in [0.29, 0.717) is 17.5 Å². The fourth-order valence-corrected chi connectivity index (χ4v) is 7.21. The number of rotatable bonds is 7. The molecule has 0 aliphatic heterocycles. The first-order chi connectivity index (χ1) is 15.0. The Morgan fingerprint density at radius 3 is 1.41 bits per heavy atom. The third-order valence-corrected chi connectivity index (χ3v) is 8.61. The minimum absolute atomic E-state index is 0.0220. The normalized spacial score (nSPS) is 11.4. The van der Waals surface area contributed by atoms with Crippen LogP contribution in [0.4, 0.5) is 0 Å². The molecule has 0 saturated heterocycles. The summed E-state index contributed by atoms with van der Waals surface area (Å²) in [6.07, 6.45) is 0.428. The molecule has 0 heterocycles. The number of hydrogen-bond donors (Lipinski definition) is 0. The molecule has 0 aliphatic rings. The van der Waals surface area contributed by atoms with Gasteiger partial charge in [0.1, 0.15) is 0 Å². The first kappa shape index (κ1) is 23.9. The topological polar surface area (TPSA) is 51.2 Å². The molecular formula is C28H31O3P. The second-order valence-corrected chi connectivity index (χ2v) is 11.6. The average Bonchev–Trinajstić information content (AvgIpc) is 2.71. The van der Waals surface area contributed by atoms with Crippen LogP contribution in [-0.2, 0) is 11.0 Å². The number of benzene rings is 3. The highest BCUT2D eigenvalue weighted by Crippen LogP contribution is 2.54. The van der Waals surface area contributed by atoms with Crippen LogP contribution in [0.3, 0.4) is 0 Å². The minimum atomic E-state index is -3.93. The van der Waals surface area contributed by atoms with E-state index < -0.39 is 18.2 Å². The fourth-order valence-electron chi connectivity index (χ4n) is 4.62. The predicted octanol–water partition coefficient (Wildman–Crippen LogP) is 7.12. The number of hydrogen-bond acceptors (Lipinski definition) is 3. The molecule has 0 amide bonds. The summed E-state index contributed by atoms with van der Waals surface area (Å²) in [6.45, 7) is 11.3. The van der Waals surface area contributed by atoms with E-state index in [2.05, 4.69) is 0 Å². The molecule has 0 atom stereocenters. The lowest BCUT2D eigenvalue weighted by atomic mass is 10.0. The Balaban J connectivity index is 2.15. The predicted molar refractivity (Wildman–Crippen MR) is 133 cm³/mol. The van der Waals surface area contributed by atoms with Gasteiger partial charge in [0.2, 0.25) is 18.2 Å². The molecule has 0 spiro atoms. The first-order valence-electron chi connectivity index (χ1n) is 10.9. The Kier molecular flexibility index (Phi) is 7.00. The van der Waals surface area contributed by atoms with E-state index in [4.69, 9.17) is 0 Å². The van der Waals surface area contributed by atoms with Gasteiger partial charge in [0.15, 0.2) is 0 Å². The Morgan fingerprint density at radius 2 is 1.03 bits per heavy atom. The summed E-state index contributed by atoms with van der Waals surface area (Å²) in [5.41, 5.74) is 5.87. The van der Waals surface area contributed by atoms with Gasteiger partial charge in [0.25, 0.3) is 0 Å². The quantitative estimate of drug-likeness (QED) is 0.363. The Labute approximate surface area is 191 Å². The van der Waals surface area contributed by atoms with Gasteiger partial charge in [-0.3, -0.25) is 9.59 Å². The third-order valence-electron chi connectivity index (χ3n) is 6.00. The fraction of sp³-hybridized carbons (Fsp3) is 0.286. The van der Waals surface area contributed by atoms with Gasteiger partial charge in [-0.1, -0.05) is 65.7 Å². The molecular weight excluding hydrogens is 415 g/mol. The lowest BCUT2D eigenvalue weighted by Crippen LogP contribution is -2.18. The Morgan fingerprint density at radius 1 is 0.656 bits per heavy atom. The van der Waals surface area contributed by atoms with Gasteiger partial charge >= 0.3 is 0 Å². The highest BCUT2D eigenvalue weighted by atomic mass is 31.2. The largest absolute Gasteiger partial charge is 0.307 e. The molecule has 3 rings (SSSR count). The van der Waals surface area contributed by atoms with Gasteiger partial charge in [-0.2, -0.15) is 0 Å². The highest BCUT2D eigenvalue weighted by molar-refractivity contribution is 7.95. The lowest BCUT2D eigenvalue weighted by molar-refractivity contribution is 0.103. The maximum absolute atomic E-state index is 14.5. The van der Waals surface area contributed by atoms with E-state index in [1.54, 1.807) is 0 Å². The monoisotopic (exact) mass is 446 g/mol. The smallest absolute Gasteiger partial charge is 0.229 e. The van der Waals surface area contributed by atoms with Crippen molar-refractivity contribution in [1.82, 2.24) is 0 Å². The molecule has 0 aromatic heterocycles. The van der Waals surface area contributed by atoms with Crippen LogP contribution in [0.25, 0.3) is 0 Å². The van der Waals surface area contributed by atoms with Crippen molar-refractivity contribution in [1.29, 1.82) is 0 Å². The standard InChI is InChI=1S/C28H31O3P/c1-18-14-20(3)25(21(4)15-18)27(29)32(31,13-12-24-10-8-7-9-11-24)28(30)26-22(5)16-19(2)17-23(26)6/h7-11,14-17H,12-13H2,1-6H3. The number of aryl methyl sites for hydroxylation is 7. The number of carbonyl (C=O) groups is 2. The molecule has 166 valence electrons. The van der Waals surface area contributed by atoms with Crippen LogP contribution in [0.1, 0.15) is 59.7 Å². The molecule has 0 fully saturated rings. The molecule has 3 aromatic carbocycles. The van der Waals surface area contributed by atoms with Crippen LogP contribution < -0.4 is 0 Å². The van der Waals surface area contributed by atoms with Gasteiger partial charge < -0.3 is 4.57 Å². The van der Waals surface area contributed by atoms with E-state index in [1.807, 2.05) is 96.1 Å². The van der Waals surface area contributed by atoms with Gasteiger partial charge in [-0.25, -0.2) is 0 Å². The van der Waals surface area contributed by atoms with E-state index in [-0.39, 0.29) is 6.16 Å². The molecule has 3 nitrogen and oxygen atoms in total. The first-order valence-corrected chi connectivity index (χ1v) is 12.8. The second-order valence-electron chi connectivity index (χ2n) is 8.86. The molecule has 0 saturated carbocycles. The van der Waals surface area contributed by atoms with Crippen molar-refractivity contribution >= 4 is 18.2 Å². The molecule has 0 aliphatic carbocycles. The third kappa shape index (κ3) is 4.69. The van der Waals surface area contributed by atoms with Gasteiger partial charge in [-0.15, -0.1) is 0 Å². The summed E-state index contributed by atoms with van der Waals surface area (Å²) in [4.78, 5) is 27.7. The molecule has 0 radical (unpaired) electrons. The summed E-state index contributed by atoms with van der Waals surface area (Å²) in [5, 5.41) is 0. The zero-order chi connectivity index (χ0) is 23.6. The Bertz CT molecular complexity index is 1120. The number of carbonyl (C=O) groups excluding carboxylic acids is 2. The van der Waals surface area contributed by atoms with Crippen molar-refractivity contribution in [3.8, 4) is 0 Å². The summed E-state index contributed by atoms with van der Waals surface area (Å²) in [6, 6.07) is 17.2. The highest BCUT2D eigenvalue weighted by Gasteiger charge is 2.42. The zero-order valence-electron chi connectivity index (χ0n) is 19.8. The lowest BCUT2D eigenvalue weighted by Gasteiger charge is -2.21. The average molecular weight is 447 g/mol. The van der Waals surface area contributed by atoms with E-state index >= 15 is 0 Å². The van der Waals surface area contributed by atoms with Crippen LogP contribution in [0.2, 0.25) is 0 Å². The SMILES string of the molecule is Cc1cc(C)c(C(=O)P(=O)(CCc2ccccc2)C(=O)c2c(C)cc(C)cc2C)c(C)c1. The van der Waals surface area contributed by atoms with Crippen molar-refractivity contribution in [2.75, 3.05) is 6.16 Å². The van der Waals surface area contributed by atoms with E-state index in [0.717, 1.165) is 38.9 Å². The summed E-state index contributed by atoms with van der Waals surface area (Å²) in [7, 11) is -3.93. The van der Waals surface area contributed by atoms with Crippen LogP contribution in [0.5, 0.6) is 0 Å². The summed E-state index contributed by atoms with van der Waals surface area (Å²) in [5.74, 6) is 0. The van der Waals surface area contributed by atoms with E-state index in [1.165, 1.54) is 0 Å². The van der Waals surface area contributed by atoms with Crippen molar-refractivity contribution in [3.63, 3.8) is 0 Å². The maximum Gasteiger partial charge on any atom is 0.229 e. The Hall–Kier alpha value is -2.77. The minimum Gasteiger partial charge on any atom is -0.307 e. The van der Waals surface area contributed by atoms with Crippen LogP contribution in [-0.4, -0.2) is 17.2 Å². The summed E-state index contributed by atoms with van der Waals surface area (Å²) >= 11 is 0. The van der Waals surface area contributed by atoms with Crippen molar-refractivity contribution in [2.45, 2.75) is 48.0 Å². The maximum atomic E-state index is 14.5. The van der Waals surface area contributed by atoms with Crippen molar-refractivity contribution in [3.05, 3.63) is 105 Å². The molecule has 3 aromatic rings. The summed E-state index contributed by atoms with van der Waals surface area (Å²) < 4.78 is 14.5. The van der Waals surface area contributed by atoms with Gasteiger partial charge in [-0.05, 0) is 75.8 Å². The second kappa shape index (κ2) is 9.38. The molecule has 0 bridgehead atoms. The van der Waals surface area contributed by atoms with Crippen LogP contribution >= 0.6 is 7.14 Å². The zero-order valence-corrected chi connectivity index (χ0v) is 20.7. The van der Waals surface area contributed by atoms with Gasteiger partial charge in [0, 0.05) is 17.3 Å². The molecule has 32 heavy (non-hydrogen) atoms. The molecule has 0 N–H and O–H groups in total. The van der Waals surface area contributed by atoms with Gasteiger partial charge in [0.05, 0.1) is 0 Å². The van der Waals surface area contributed by atoms with Crippen LogP contribution in [0.15, 0.2) is 54.6 Å². The molecule has 0 unspecified atom stereocenters. The van der Waals surface area contributed by atoms with Crippen molar-refractivity contribution < 1.29 is 14.2 Å². The van der Waals surface area contributed by atoms with Crippen LogP contribution in [0, 0.1) is 41.5 Å².